The Hall–Kier alpha value is -2.62. The van der Waals surface area contributed by atoms with Crippen LogP contribution in [0.25, 0.3) is 0 Å². The Morgan fingerprint density at radius 1 is 1.08 bits per heavy atom. The summed E-state index contributed by atoms with van der Waals surface area (Å²) in [4.78, 5) is 11.5. The predicted molar refractivity (Wildman–Crippen MR) is 94.9 cm³/mol. The number of phenols is 2. The van der Waals surface area contributed by atoms with Crippen molar-refractivity contribution in [3.05, 3.63) is 59.7 Å². The third-order valence-corrected chi connectivity index (χ3v) is 5.26. The number of hydrogen-bond donors (Lipinski definition) is 4. The van der Waals surface area contributed by atoms with Gasteiger partial charge in [-0.15, -0.1) is 0 Å². The largest absolute Gasteiger partial charge is 0.504 e. The van der Waals surface area contributed by atoms with E-state index in [2.05, 4.69) is 4.72 Å². The maximum absolute atomic E-state index is 12.4. The summed E-state index contributed by atoms with van der Waals surface area (Å²) in [7, 11) is -2.70. The molecule has 2 aromatic rings. The van der Waals surface area contributed by atoms with Crippen LogP contribution >= 0.6 is 0 Å². The van der Waals surface area contributed by atoms with Gasteiger partial charge in [-0.1, -0.05) is 36.4 Å². The van der Waals surface area contributed by atoms with Gasteiger partial charge in [-0.05, 0) is 29.7 Å². The van der Waals surface area contributed by atoms with Crippen LogP contribution in [0.15, 0.2) is 48.5 Å². The number of phenolic OH excluding ortho intramolecular Hbond substituents is 2. The maximum Gasteiger partial charge on any atom is 0.322 e. The molecule has 0 heterocycles. The third-order valence-electron chi connectivity index (χ3n) is 3.73. The monoisotopic (exact) mass is 380 g/mol. The van der Waals surface area contributed by atoms with Crippen LogP contribution in [-0.4, -0.2) is 47.1 Å². The van der Waals surface area contributed by atoms with E-state index in [0.29, 0.717) is 5.56 Å². The Bertz CT molecular complexity index is 870. The number of aromatic hydroxyl groups is 2. The van der Waals surface area contributed by atoms with E-state index >= 15 is 0 Å². The minimum atomic E-state index is -4.05. The van der Waals surface area contributed by atoms with Gasteiger partial charge < -0.3 is 15.3 Å². The Kier molecular flexibility index (Phi) is 6.19. The number of nitrogens with zero attached hydrogens (tertiary/aromatic N) is 1. The van der Waals surface area contributed by atoms with E-state index < -0.39 is 28.0 Å². The van der Waals surface area contributed by atoms with Crippen LogP contribution < -0.4 is 4.72 Å². The van der Waals surface area contributed by atoms with Gasteiger partial charge >= 0.3 is 5.97 Å². The van der Waals surface area contributed by atoms with Crippen LogP contribution in [0, 0.1) is 0 Å². The molecular formula is C17H20N2O6S. The lowest BCUT2D eigenvalue weighted by Crippen LogP contribution is -2.47. The number of aliphatic carboxylic acids is 1. The number of carbonyl (C=O) groups is 1. The van der Waals surface area contributed by atoms with Crippen molar-refractivity contribution in [2.75, 3.05) is 7.05 Å². The second kappa shape index (κ2) is 8.17. The lowest BCUT2D eigenvalue weighted by molar-refractivity contribution is -0.138. The van der Waals surface area contributed by atoms with Crippen LogP contribution in [0.4, 0.5) is 0 Å². The molecule has 0 saturated carbocycles. The Balaban J connectivity index is 2.12. The van der Waals surface area contributed by atoms with Gasteiger partial charge in [0.1, 0.15) is 6.04 Å². The molecule has 1 atom stereocenters. The molecule has 2 rings (SSSR count). The first kappa shape index (κ1) is 19.7. The average molecular weight is 380 g/mol. The molecule has 0 aromatic heterocycles. The van der Waals surface area contributed by atoms with Crippen LogP contribution in [0.5, 0.6) is 11.5 Å². The van der Waals surface area contributed by atoms with Crippen molar-refractivity contribution in [2.45, 2.75) is 19.0 Å². The number of rotatable bonds is 8. The second-order valence-electron chi connectivity index (χ2n) is 5.78. The summed E-state index contributed by atoms with van der Waals surface area (Å²) in [5, 5.41) is 28.1. The van der Waals surface area contributed by atoms with Gasteiger partial charge in [0.25, 0.3) is 10.2 Å². The summed E-state index contributed by atoms with van der Waals surface area (Å²) >= 11 is 0. The van der Waals surface area contributed by atoms with E-state index in [-0.39, 0.29) is 18.7 Å². The average Bonchev–Trinajstić information content (AvgIpc) is 2.58. The van der Waals surface area contributed by atoms with Gasteiger partial charge in [0, 0.05) is 13.6 Å². The summed E-state index contributed by atoms with van der Waals surface area (Å²) in [5.41, 5.74) is 1.12. The highest BCUT2D eigenvalue weighted by molar-refractivity contribution is 7.87. The van der Waals surface area contributed by atoms with Crippen molar-refractivity contribution in [3.63, 3.8) is 0 Å². The first-order valence-electron chi connectivity index (χ1n) is 7.70. The summed E-state index contributed by atoms with van der Waals surface area (Å²) in [5.74, 6) is -2.10. The van der Waals surface area contributed by atoms with E-state index in [4.69, 9.17) is 0 Å². The van der Waals surface area contributed by atoms with E-state index in [0.717, 1.165) is 9.87 Å². The topological polar surface area (TPSA) is 127 Å². The Labute approximate surface area is 151 Å². The molecular weight excluding hydrogens is 360 g/mol. The zero-order valence-corrected chi connectivity index (χ0v) is 14.8. The number of nitrogens with one attached hydrogen (secondary N) is 1. The first-order chi connectivity index (χ1) is 12.2. The lowest BCUT2D eigenvalue weighted by Gasteiger charge is -2.21. The molecule has 0 fully saturated rings. The number of hydrogen-bond acceptors (Lipinski definition) is 5. The highest BCUT2D eigenvalue weighted by Gasteiger charge is 2.27. The standard InChI is InChI=1S/C17H20N2O6S/c1-19(11-12-5-3-2-4-6-12)26(24,25)18-14(17(22)23)9-13-7-8-15(20)16(21)10-13/h2-8,10,14,18,20-21H,9,11H2,1H3,(H,22,23)/t14-/m0/s1. The molecule has 0 unspecified atom stereocenters. The molecule has 140 valence electrons. The zero-order chi connectivity index (χ0) is 19.3. The third kappa shape index (κ3) is 5.19. The van der Waals surface area contributed by atoms with Gasteiger partial charge in [-0.25, -0.2) is 0 Å². The van der Waals surface area contributed by atoms with Crippen LogP contribution in [-0.2, 0) is 28.0 Å². The Morgan fingerprint density at radius 2 is 1.73 bits per heavy atom. The van der Waals surface area contributed by atoms with E-state index in [1.807, 2.05) is 6.07 Å². The highest BCUT2D eigenvalue weighted by atomic mass is 32.2. The lowest BCUT2D eigenvalue weighted by atomic mass is 10.1. The maximum atomic E-state index is 12.4. The molecule has 0 aliphatic rings. The van der Waals surface area contributed by atoms with Crippen LogP contribution in [0.3, 0.4) is 0 Å². The van der Waals surface area contributed by atoms with Crippen LogP contribution in [0.1, 0.15) is 11.1 Å². The first-order valence-corrected chi connectivity index (χ1v) is 9.14. The highest BCUT2D eigenvalue weighted by Crippen LogP contribution is 2.25. The van der Waals surface area contributed by atoms with Crippen molar-refractivity contribution >= 4 is 16.2 Å². The smallest absolute Gasteiger partial charge is 0.322 e. The fourth-order valence-electron chi connectivity index (χ4n) is 2.31. The molecule has 0 saturated heterocycles. The predicted octanol–water partition coefficient (Wildman–Crippen LogP) is 1.06. The Morgan fingerprint density at radius 3 is 2.31 bits per heavy atom. The van der Waals surface area contributed by atoms with Crippen molar-refractivity contribution in [3.8, 4) is 11.5 Å². The minimum absolute atomic E-state index is 0.0858. The van der Waals surface area contributed by atoms with Gasteiger partial charge in [0.15, 0.2) is 11.5 Å². The number of carboxylic acid groups (broad SMARTS) is 1. The molecule has 8 nitrogen and oxygen atoms in total. The normalized spacial score (nSPS) is 12.8. The molecule has 4 N–H and O–H groups in total. The minimum Gasteiger partial charge on any atom is -0.504 e. The SMILES string of the molecule is CN(Cc1ccccc1)S(=O)(=O)N[C@@H](Cc1ccc(O)c(O)c1)C(=O)O. The number of benzene rings is 2. The molecule has 9 heteroatoms. The second-order valence-corrected chi connectivity index (χ2v) is 7.59. The van der Waals surface area contributed by atoms with Gasteiger partial charge in [-0.2, -0.15) is 17.4 Å². The van der Waals surface area contributed by atoms with Crippen molar-refractivity contribution in [2.24, 2.45) is 0 Å². The molecule has 0 aliphatic carbocycles. The quantitative estimate of drug-likeness (QED) is 0.507. The van der Waals surface area contributed by atoms with E-state index in [1.54, 1.807) is 24.3 Å². The molecule has 2 aromatic carbocycles. The van der Waals surface area contributed by atoms with Gasteiger partial charge in [0.05, 0.1) is 0 Å². The fraction of sp³-hybridized carbons (Fsp3) is 0.235. The molecule has 0 amide bonds. The summed E-state index contributed by atoms with van der Waals surface area (Å²) in [6.07, 6.45) is -0.193. The summed E-state index contributed by atoms with van der Waals surface area (Å²) in [6.45, 7) is 0.0858. The van der Waals surface area contributed by atoms with Crippen molar-refractivity contribution in [1.82, 2.24) is 9.03 Å². The van der Waals surface area contributed by atoms with Crippen molar-refractivity contribution < 1.29 is 28.5 Å². The van der Waals surface area contributed by atoms with Crippen molar-refractivity contribution in [1.29, 1.82) is 0 Å². The summed E-state index contributed by atoms with van der Waals surface area (Å²) < 4.78 is 28.0. The molecule has 0 spiro atoms. The van der Waals surface area contributed by atoms with E-state index in [9.17, 15) is 28.5 Å². The molecule has 26 heavy (non-hydrogen) atoms. The molecule has 0 radical (unpaired) electrons. The zero-order valence-electron chi connectivity index (χ0n) is 14.0. The fourth-order valence-corrected chi connectivity index (χ4v) is 3.35. The molecule has 0 aliphatic heterocycles. The molecule has 0 bridgehead atoms. The van der Waals surface area contributed by atoms with E-state index in [1.165, 1.54) is 25.2 Å². The van der Waals surface area contributed by atoms with Gasteiger partial charge in [0.2, 0.25) is 0 Å². The van der Waals surface area contributed by atoms with Crippen LogP contribution in [0.2, 0.25) is 0 Å². The number of carboxylic acids is 1. The van der Waals surface area contributed by atoms with Gasteiger partial charge in [-0.3, -0.25) is 4.79 Å². The summed E-state index contributed by atoms with van der Waals surface area (Å²) in [6, 6.07) is 11.3.